The number of methoxy groups -OCH3 is 1. The first-order valence-corrected chi connectivity index (χ1v) is 8.36. The van der Waals surface area contributed by atoms with Crippen molar-refractivity contribution in [3.63, 3.8) is 0 Å². The van der Waals surface area contributed by atoms with Crippen LogP contribution in [0.25, 0.3) is 0 Å². The Morgan fingerprint density at radius 3 is 2.42 bits per heavy atom. The van der Waals surface area contributed by atoms with Gasteiger partial charge in [0.15, 0.2) is 0 Å². The standard InChI is InChI=1S/C15H16N2O6S/c1-23-14-4-2-3-13(11-14)16(9-10-18)24(21,22)15-7-5-12(6-8-15)17(19)20/h2-8,11,18H,9-10H2,1H3. The second-order valence-electron chi connectivity index (χ2n) is 4.75. The van der Waals surface area contributed by atoms with Crippen LogP contribution >= 0.6 is 0 Å². The van der Waals surface area contributed by atoms with E-state index in [-0.39, 0.29) is 23.7 Å². The van der Waals surface area contributed by atoms with Crippen LogP contribution in [-0.2, 0) is 10.0 Å². The van der Waals surface area contributed by atoms with E-state index in [1.807, 2.05) is 0 Å². The number of hydrogen-bond acceptors (Lipinski definition) is 6. The normalized spacial score (nSPS) is 11.1. The minimum Gasteiger partial charge on any atom is -0.497 e. The minimum atomic E-state index is -3.99. The van der Waals surface area contributed by atoms with Crippen molar-refractivity contribution in [2.24, 2.45) is 0 Å². The van der Waals surface area contributed by atoms with Gasteiger partial charge in [-0.25, -0.2) is 8.42 Å². The molecule has 0 spiro atoms. The van der Waals surface area contributed by atoms with E-state index in [0.29, 0.717) is 11.4 Å². The summed E-state index contributed by atoms with van der Waals surface area (Å²) < 4.78 is 31.7. The predicted octanol–water partition coefficient (Wildman–Crippen LogP) is 1.79. The molecule has 0 bridgehead atoms. The lowest BCUT2D eigenvalue weighted by Gasteiger charge is -2.24. The number of aliphatic hydroxyl groups is 1. The van der Waals surface area contributed by atoms with Crippen LogP contribution in [0.5, 0.6) is 5.75 Å². The van der Waals surface area contributed by atoms with E-state index in [2.05, 4.69) is 0 Å². The van der Waals surface area contributed by atoms with Crippen molar-refractivity contribution in [1.29, 1.82) is 0 Å². The second-order valence-corrected chi connectivity index (χ2v) is 6.62. The molecule has 0 unspecified atom stereocenters. The SMILES string of the molecule is COc1cccc(N(CCO)S(=O)(=O)c2ccc([N+](=O)[O-])cc2)c1. The molecular formula is C15H16N2O6S. The third-order valence-corrected chi connectivity index (χ3v) is 5.12. The Morgan fingerprint density at radius 1 is 1.21 bits per heavy atom. The number of ether oxygens (including phenoxy) is 1. The molecule has 0 aromatic heterocycles. The van der Waals surface area contributed by atoms with Gasteiger partial charge in [0.05, 0.1) is 35.8 Å². The van der Waals surface area contributed by atoms with Crippen LogP contribution in [0.15, 0.2) is 53.4 Å². The fourth-order valence-electron chi connectivity index (χ4n) is 2.11. The zero-order valence-electron chi connectivity index (χ0n) is 12.8. The summed E-state index contributed by atoms with van der Waals surface area (Å²) in [6.45, 7) is -0.546. The van der Waals surface area contributed by atoms with Crippen LogP contribution in [0.4, 0.5) is 11.4 Å². The van der Waals surface area contributed by atoms with Gasteiger partial charge in [0.2, 0.25) is 0 Å². The molecule has 0 aliphatic rings. The van der Waals surface area contributed by atoms with Gasteiger partial charge in [-0.3, -0.25) is 14.4 Å². The Bertz CT molecular complexity index is 820. The van der Waals surface area contributed by atoms with Gasteiger partial charge in [0.25, 0.3) is 15.7 Å². The number of rotatable bonds is 7. The van der Waals surface area contributed by atoms with Gasteiger partial charge in [0, 0.05) is 18.2 Å². The van der Waals surface area contributed by atoms with Crippen LogP contribution in [0.1, 0.15) is 0 Å². The van der Waals surface area contributed by atoms with Crippen molar-refractivity contribution >= 4 is 21.4 Å². The zero-order chi connectivity index (χ0) is 17.7. The molecule has 9 heteroatoms. The molecular weight excluding hydrogens is 336 g/mol. The van der Waals surface area contributed by atoms with Crippen molar-refractivity contribution < 1.29 is 23.2 Å². The van der Waals surface area contributed by atoms with Gasteiger partial charge in [-0.05, 0) is 24.3 Å². The number of nitro benzene ring substituents is 1. The zero-order valence-corrected chi connectivity index (χ0v) is 13.6. The maximum Gasteiger partial charge on any atom is 0.269 e. The lowest BCUT2D eigenvalue weighted by Crippen LogP contribution is -2.33. The molecule has 0 radical (unpaired) electrons. The highest BCUT2D eigenvalue weighted by Crippen LogP contribution is 2.27. The largest absolute Gasteiger partial charge is 0.497 e. The molecule has 8 nitrogen and oxygen atoms in total. The fraction of sp³-hybridized carbons (Fsp3) is 0.200. The monoisotopic (exact) mass is 352 g/mol. The lowest BCUT2D eigenvalue weighted by atomic mass is 10.3. The van der Waals surface area contributed by atoms with Gasteiger partial charge in [0.1, 0.15) is 5.75 Å². The Kier molecular flexibility index (Phi) is 5.37. The maximum atomic E-state index is 12.8. The van der Waals surface area contributed by atoms with E-state index in [4.69, 9.17) is 4.74 Å². The average Bonchev–Trinajstić information content (AvgIpc) is 2.59. The smallest absolute Gasteiger partial charge is 0.269 e. The van der Waals surface area contributed by atoms with Crippen LogP contribution in [0.2, 0.25) is 0 Å². The van der Waals surface area contributed by atoms with Gasteiger partial charge < -0.3 is 9.84 Å². The van der Waals surface area contributed by atoms with Crippen molar-refractivity contribution in [2.45, 2.75) is 4.90 Å². The summed E-state index contributed by atoms with van der Waals surface area (Å²) >= 11 is 0. The molecule has 0 saturated carbocycles. The van der Waals surface area contributed by atoms with Gasteiger partial charge in [-0.15, -0.1) is 0 Å². The second kappa shape index (κ2) is 7.28. The van der Waals surface area contributed by atoms with Crippen molar-refractivity contribution in [1.82, 2.24) is 0 Å². The summed E-state index contributed by atoms with van der Waals surface area (Å²) in [6, 6.07) is 11.0. The van der Waals surface area contributed by atoms with Gasteiger partial charge >= 0.3 is 0 Å². The molecule has 128 valence electrons. The van der Waals surface area contributed by atoms with Crippen LogP contribution in [0, 0.1) is 10.1 Å². The molecule has 0 aliphatic heterocycles. The van der Waals surface area contributed by atoms with Gasteiger partial charge in [-0.1, -0.05) is 6.07 Å². The summed E-state index contributed by atoms with van der Waals surface area (Å²) in [6.07, 6.45) is 0. The Morgan fingerprint density at radius 2 is 1.88 bits per heavy atom. The third-order valence-electron chi connectivity index (χ3n) is 3.28. The molecule has 2 aromatic rings. The molecule has 0 heterocycles. The first-order chi connectivity index (χ1) is 11.4. The number of hydrogen-bond donors (Lipinski definition) is 1. The number of benzene rings is 2. The van der Waals surface area contributed by atoms with E-state index in [1.165, 1.54) is 13.2 Å². The van der Waals surface area contributed by atoms with E-state index in [0.717, 1.165) is 28.6 Å². The number of non-ortho nitro benzene ring substituents is 1. The number of sulfonamides is 1. The third kappa shape index (κ3) is 3.63. The highest BCUT2D eigenvalue weighted by Gasteiger charge is 2.25. The van der Waals surface area contributed by atoms with Crippen LogP contribution in [-0.4, -0.2) is 38.7 Å². The molecule has 2 aromatic carbocycles. The predicted molar refractivity (Wildman–Crippen MR) is 87.7 cm³/mol. The minimum absolute atomic E-state index is 0.107. The summed E-state index contributed by atoms with van der Waals surface area (Å²) in [4.78, 5) is 9.97. The maximum absolute atomic E-state index is 12.8. The van der Waals surface area contributed by atoms with Crippen LogP contribution < -0.4 is 9.04 Å². The first-order valence-electron chi connectivity index (χ1n) is 6.92. The molecule has 0 atom stereocenters. The molecule has 2 rings (SSSR count). The summed E-state index contributed by atoms with van der Waals surface area (Å²) in [5, 5.41) is 19.9. The number of nitro groups is 1. The van der Waals surface area contributed by atoms with Crippen LogP contribution in [0.3, 0.4) is 0 Å². The quantitative estimate of drug-likeness (QED) is 0.601. The van der Waals surface area contributed by atoms with E-state index in [1.54, 1.807) is 18.2 Å². The van der Waals surface area contributed by atoms with Crippen molar-refractivity contribution in [2.75, 3.05) is 24.6 Å². The topological polar surface area (TPSA) is 110 Å². The van der Waals surface area contributed by atoms with E-state index in [9.17, 15) is 23.6 Å². The summed E-state index contributed by atoms with van der Waals surface area (Å²) in [5.74, 6) is 0.467. The van der Waals surface area contributed by atoms with E-state index < -0.39 is 14.9 Å². The number of aliphatic hydroxyl groups excluding tert-OH is 1. The average molecular weight is 352 g/mol. The van der Waals surface area contributed by atoms with Gasteiger partial charge in [-0.2, -0.15) is 0 Å². The lowest BCUT2D eigenvalue weighted by molar-refractivity contribution is -0.384. The Labute approximate surface area is 139 Å². The van der Waals surface area contributed by atoms with Crippen molar-refractivity contribution in [3.05, 3.63) is 58.6 Å². The molecule has 0 aliphatic carbocycles. The summed E-state index contributed by atoms with van der Waals surface area (Å²) in [7, 11) is -2.53. The molecule has 0 amide bonds. The van der Waals surface area contributed by atoms with Crippen molar-refractivity contribution in [3.8, 4) is 5.75 Å². The number of nitrogens with zero attached hydrogens (tertiary/aromatic N) is 2. The first kappa shape index (κ1) is 17.7. The fourth-order valence-corrected chi connectivity index (χ4v) is 3.56. The molecule has 0 saturated heterocycles. The summed E-state index contributed by atoms with van der Waals surface area (Å²) in [5.41, 5.74) is 0.116. The Balaban J connectivity index is 2.46. The van der Waals surface area contributed by atoms with E-state index >= 15 is 0 Å². The molecule has 1 N–H and O–H groups in total. The molecule has 0 fully saturated rings. The highest BCUT2D eigenvalue weighted by atomic mass is 32.2. The number of anilines is 1. The molecule has 24 heavy (non-hydrogen) atoms. The Hall–Kier alpha value is -2.65. The highest BCUT2D eigenvalue weighted by molar-refractivity contribution is 7.92.